The van der Waals surface area contributed by atoms with Crippen LogP contribution >= 0.6 is 27.5 Å². The highest BCUT2D eigenvalue weighted by molar-refractivity contribution is 9.10. The first-order chi connectivity index (χ1) is 8.15. The molecule has 1 aromatic carbocycles. The van der Waals surface area contributed by atoms with E-state index in [9.17, 15) is 0 Å². The first-order valence-electron chi connectivity index (χ1n) is 4.98. The van der Waals surface area contributed by atoms with Gasteiger partial charge in [0.1, 0.15) is 5.75 Å². The second-order valence-corrected chi connectivity index (χ2v) is 4.81. The summed E-state index contributed by atoms with van der Waals surface area (Å²) in [5.74, 6) is 0.161. The van der Waals surface area contributed by atoms with Crippen molar-refractivity contribution in [2.45, 2.75) is 6.54 Å². The number of hydrogen-bond acceptors (Lipinski definition) is 3. The highest BCUT2D eigenvalue weighted by Gasteiger charge is 2.01. The number of aromatic nitrogens is 1. The molecule has 5 heteroatoms. The monoisotopic (exact) mass is 312 g/mol. The van der Waals surface area contributed by atoms with Gasteiger partial charge >= 0.3 is 0 Å². The first-order valence-corrected chi connectivity index (χ1v) is 6.15. The van der Waals surface area contributed by atoms with Gasteiger partial charge in [0.25, 0.3) is 0 Å². The zero-order valence-electron chi connectivity index (χ0n) is 8.82. The van der Waals surface area contributed by atoms with E-state index in [0.29, 0.717) is 11.6 Å². The van der Waals surface area contributed by atoms with Gasteiger partial charge in [0.2, 0.25) is 0 Å². The molecule has 0 aliphatic carbocycles. The minimum absolute atomic E-state index is 0.161. The van der Waals surface area contributed by atoms with E-state index in [2.05, 4.69) is 26.2 Å². The Morgan fingerprint density at radius 1 is 1.29 bits per heavy atom. The smallest absolute Gasteiger partial charge is 0.133 e. The van der Waals surface area contributed by atoms with Crippen molar-refractivity contribution in [1.29, 1.82) is 0 Å². The van der Waals surface area contributed by atoms with Crippen LogP contribution in [0.4, 0.5) is 5.69 Å². The topological polar surface area (TPSA) is 45.1 Å². The van der Waals surface area contributed by atoms with E-state index >= 15 is 0 Å². The molecule has 1 heterocycles. The third-order valence-electron chi connectivity index (χ3n) is 2.20. The van der Waals surface area contributed by atoms with Gasteiger partial charge in [0, 0.05) is 4.47 Å². The molecule has 1 aromatic heterocycles. The molecular weight excluding hydrogens is 304 g/mol. The number of nitrogens with zero attached hydrogens (tertiary/aromatic N) is 1. The lowest BCUT2D eigenvalue weighted by atomic mass is 10.3. The van der Waals surface area contributed by atoms with E-state index < -0.39 is 0 Å². The van der Waals surface area contributed by atoms with Crippen molar-refractivity contribution in [2.75, 3.05) is 5.32 Å². The summed E-state index contributed by atoms with van der Waals surface area (Å²) >= 11 is 9.43. The largest absolute Gasteiger partial charge is 0.506 e. The number of pyridine rings is 1. The Morgan fingerprint density at radius 2 is 2.12 bits per heavy atom. The van der Waals surface area contributed by atoms with Gasteiger partial charge in [0.15, 0.2) is 0 Å². The molecule has 0 radical (unpaired) electrons. The summed E-state index contributed by atoms with van der Waals surface area (Å²) in [5, 5.41) is 13.0. The van der Waals surface area contributed by atoms with E-state index in [1.54, 1.807) is 12.1 Å². The predicted octanol–water partition coefficient (Wildman–Crippen LogP) is 3.82. The predicted molar refractivity (Wildman–Crippen MR) is 72.4 cm³/mol. The highest BCUT2D eigenvalue weighted by atomic mass is 79.9. The van der Waals surface area contributed by atoms with Gasteiger partial charge in [-0.15, -0.1) is 0 Å². The zero-order chi connectivity index (χ0) is 12.3. The standard InChI is InChI=1S/C12H10BrClN2O/c13-8-1-4-11(14)12(5-8)16-6-9-2-3-10(17)7-15-9/h1-5,7,16-17H,6H2. The lowest BCUT2D eigenvalue weighted by molar-refractivity contribution is 0.472. The summed E-state index contributed by atoms with van der Waals surface area (Å²) in [7, 11) is 0. The van der Waals surface area contributed by atoms with Gasteiger partial charge in [0.05, 0.1) is 29.1 Å². The second-order valence-electron chi connectivity index (χ2n) is 3.49. The van der Waals surface area contributed by atoms with Crippen molar-refractivity contribution in [3.63, 3.8) is 0 Å². The van der Waals surface area contributed by atoms with Crippen molar-refractivity contribution in [3.8, 4) is 5.75 Å². The Bertz CT molecular complexity index is 516. The summed E-state index contributed by atoms with van der Waals surface area (Å²) < 4.78 is 0.961. The Kier molecular flexibility index (Phi) is 3.86. The van der Waals surface area contributed by atoms with Crippen molar-refractivity contribution in [2.24, 2.45) is 0 Å². The summed E-state index contributed by atoms with van der Waals surface area (Å²) in [6, 6.07) is 8.97. The Labute approximate surface area is 113 Å². The molecule has 0 amide bonds. The average molecular weight is 314 g/mol. The number of halogens is 2. The van der Waals surface area contributed by atoms with Gasteiger partial charge < -0.3 is 10.4 Å². The molecule has 0 bridgehead atoms. The number of nitrogens with one attached hydrogen (secondary N) is 1. The van der Waals surface area contributed by atoms with Crippen LogP contribution in [0, 0.1) is 0 Å². The maximum Gasteiger partial charge on any atom is 0.133 e. The molecule has 17 heavy (non-hydrogen) atoms. The molecule has 0 aliphatic heterocycles. The van der Waals surface area contributed by atoms with Crippen LogP contribution in [-0.4, -0.2) is 10.1 Å². The summed E-state index contributed by atoms with van der Waals surface area (Å²) in [6.45, 7) is 0.552. The third kappa shape index (κ3) is 3.35. The van der Waals surface area contributed by atoms with E-state index in [4.69, 9.17) is 16.7 Å². The van der Waals surface area contributed by atoms with Gasteiger partial charge in [-0.1, -0.05) is 27.5 Å². The molecule has 2 N–H and O–H groups in total. The van der Waals surface area contributed by atoms with Crippen molar-refractivity contribution < 1.29 is 5.11 Å². The van der Waals surface area contributed by atoms with Gasteiger partial charge in [-0.05, 0) is 30.3 Å². The molecule has 2 aromatic rings. The molecule has 0 fully saturated rings. The molecule has 0 atom stereocenters. The molecular formula is C12H10BrClN2O. The molecule has 3 nitrogen and oxygen atoms in total. The summed E-state index contributed by atoms with van der Waals surface area (Å²) in [4.78, 5) is 4.08. The quantitative estimate of drug-likeness (QED) is 0.905. The molecule has 0 unspecified atom stereocenters. The van der Waals surface area contributed by atoms with Crippen LogP contribution in [-0.2, 0) is 6.54 Å². The van der Waals surface area contributed by atoms with Gasteiger partial charge in [-0.25, -0.2) is 0 Å². The van der Waals surface area contributed by atoms with Gasteiger partial charge in [-0.3, -0.25) is 4.98 Å². The minimum atomic E-state index is 0.161. The molecule has 0 saturated carbocycles. The van der Waals surface area contributed by atoms with Crippen molar-refractivity contribution >= 4 is 33.2 Å². The second kappa shape index (κ2) is 5.38. The third-order valence-corrected chi connectivity index (χ3v) is 3.02. The lowest BCUT2D eigenvalue weighted by Gasteiger charge is -2.08. The number of rotatable bonds is 3. The number of anilines is 1. The summed E-state index contributed by atoms with van der Waals surface area (Å²) in [6.07, 6.45) is 1.42. The Balaban J connectivity index is 2.07. The van der Waals surface area contributed by atoms with E-state index in [1.807, 2.05) is 18.2 Å². The van der Waals surface area contributed by atoms with Gasteiger partial charge in [-0.2, -0.15) is 0 Å². The molecule has 0 saturated heterocycles. The fourth-order valence-corrected chi connectivity index (χ4v) is 1.89. The first kappa shape index (κ1) is 12.2. The van der Waals surface area contributed by atoms with Crippen LogP contribution in [0.25, 0.3) is 0 Å². The van der Waals surface area contributed by atoms with Crippen LogP contribution in [0.3, 0.4) is 0 Å². The Hall–Kier alpha value is -1.26. The molecule has 2 rings (SSSR count). The Morgan fingerprint density at radius 3 is 2.82 bits per heavy atom. The number of aromatic hydroxyl groups is 1. The van der Waals surface area contributed by atoms with Crippen LogP contribution < -0.4 is 5.32 Å². The normalized spacial score (nSPS) is 10.2. The maximum atomic E-state index is 9.11. The van der Waals surface area contributed by atoms with Crippen molar-refractivity contribution in [3.05, 3.63) is 51.7 Å². The lowest BCUT2D eigenvalue weighted by Crippen LogP contribution is -2.01. The van der Waals surface area contributed by atoms with Crippen LogP contribution in [0.15, 0.2) is 41.0 Å². The molecule has 0 spiro atoms. The van der Waals surface area contributed by atoms with Crippen LogP contribution in [0.2, 0.25) is 5.02 Å². The fraction of sp³-hybridized carbons (Fsp3) is 0.0833. The van der Waals surface area contributed by atoms with Crippen molar-refractivity contribution in [1.82, 2.24) is 4.98 Å². The highest BCUT2D eigenvalue weighted by Crippen LogP contribution is 2.26. The molecule has 88 valence electrons. The fourth-order valence-electron chi connectivity index (χ4n) is 1.34. The van der Waals surface area contributed by atoms with Crippen LogP contribution in [0.1, 0.15) is 5.69 Å². The summed E-state index contributed by atoms with van der Waals surface area (Å²) in [5.41, 5.74) is 1.68. The maximum absolute atomic E-state index is 9.11. The number of benzene rings is 1. The number of hydrogen-bond donors (Lipinski definition) is 2. The SMILES string of the molecule is Oc1ccc(CNc2cc(Br)ccc2Cl)nc1. The van der Waals surface area contributed by atoms with E-state index in [0.717, 1.165) is 15.9 Å². The molecule has 0 aliphatic rings. The van der Waals surface area contributed by atoms with E-state index in [1.165, 1.54) is 6.20 Å². The average Bonchev–Trinajstić information content (AvgIpc) is 2.32. The van der Waals surface area contributed by atoms with Crippen LogP contribution in [0.5, 0.6) is 5.75 Å². The minimum Gasteiger partial charge on any atom is -0.506 e. The zero-order valence-corrected chi connectivity index (χ0v) is 11.2. The van der Waals surface area contributed by atoms with E-state index in [-0.39, 0.29) is 5.75 Å².